The highest BCUT2D eigenvalue weighted by atomic mass is 16.5. The van der Waals surface area contributed by atoms with Crippen LogP contribution in [0.5, 0.6) is 11.8 Å². The lowest BCUT2D eigenvalue weighted by Gasteiger charge is -2.33. The van der Waals surface area contributed by atoms with Crippen LogP contribution in [0.1, 0.15) is 31.2 Å². The monoisotopic (exact) mass is 435 g/mol. The number of piperidine rings is 1. The van der Waals surface area contributed by atoms with Gasteiger partial charge in [-0.2, -0.15) is 0 Å². The van der Waals surface area contributed by atoms with Gasteiger partial charge in [0.05, 0.1) is 0 Å². The van der Waals surface area contributed by atoms with Crippen molar-refractivity contribution < 1.29 is 9.53 Å². The molecule has 0 radical (unpaired) electrons. The number of likely N-dealkylation sites (N-methyl/N-ethyl adjacent to an activating group) is 1. The van der Waals surface area contributed by atoms with Crippen molar-refractivity contribution in [2.45, 2.75) is 32.2 Å². The van der Waals surface area contributed by atoms with E-state index in [-0.39, 0.29) is 11.3 Å². The summed E-state index contributed by atoms with van der Waals surface area (Å²) in [6, 6.07) is 10.3. The zero-order chi connectivity index (χ0) is 22.0. The summed E-state index contributed by atoms with van der Waals surface area (Å²) in [6.45, 7) is 7.01. The third-order valence-corrected chi connectivity index (χ3v) is 7.45. The molecule has 1 amide bonds. The number of likely N-dealkylation sites (tertiary alicyclic amines) is 1. The number of carbonyl (C=O) groups excluding carboxylic acids is 1. The molecule has 1 spiro atoms. The maximum absolute atomic E-state index is 13.1. The Kier molecular flexibility index (Phi) is 6.11. The molecule has 7 nitrogen and oxygen atoms in total. The molecule has 2 aromatic rings. The molecule has 1 aromatic carbocycles. The molecule has 3 aliphatic rings. The molecule has 2 saturated heterocycles. The molecule has 2 aliphatic heterocycles. The van der Waals surface area contributed by atoms with Crippen LogP contribution in [0.25, 0.3) is 0 Å². The number of amides is 1. The topological polar surface area (TPSA) is 61.8 Å². The molecule has 1 atom stereocenters. The van der Waals surface area contributed by atoms with Crippen molar-refractivity contribution >= 4 is 5.91 Å². The minimum atomic E-state index is 0.268. The molecule has 3 heterocycles. The average Bonchev–Trinajstić information content (AvgIpc) is 3.56. The van der Waals surface area contributed by atoms with E-state index in [0.717, 1.165) is 77.2 Å². The Morgan fingerprint density at radius 1 is 1.03 bits per heavy atom. The van der Waals surface area contributed by atoms with Crippen LogP contribution >= 0.6 is 0 Å². The van der Waals surface area contributed by atoms with Crippen LogP contribution in [0.2, 0.25) is 0 Å². The highest BCUT2D eigenvalue weighted by molar-refractivity contribution is 5.82. The standard InChI is InChI=1S/C25H33N5O2/c1-28-12-3-13-30(17-16-28)23(31)22-18-25(22)8-14-29(15-9-25)19-20-4-6-21(7-5-20)32-24-26-10-2-11-27-24/h2,4-7,10-11,22H,3,8-9,12-19H2,1H3. The van der Waals surface area contributed by atoms with Crippen LogP contribution in [0.4, 0.5) is 0 Å². The zero-order valence-electron chi connectivity index (χ0n) is 18.9. The van der Waals surface area contributed by atoms with E-state index >= 15 is 0 Å². The minimum Gasteiger partial charge on any atom is -0.424 e. The van der Waals surface area contributed by atoms with Crippen LogP contribution < -0.4 is 4.74 Å². The molecular weight excluding hydrogens is 402 g/mol. The summed E-state index contributed by atoms with van der Waals surface area (Å²) in [5.74, 6) is 1.44. The van der Waals surface area contributed by atoms with E-state index in [9.17, 15) is 4.79 Å². The van der Waals surface area contributed by atoms with Gasteiger partial charge in [0.25, 0.3) is 0 Å². The summed E-state index contributed by atoms with van der Waals surface area (Å²) in [6.07, 6.45) is 7.82. The molecule has 7 heteroatoms. The van der Waals surface area contributed by atoms with Crippen LogP contribution in [-0.2, 0) is 11.3 Å². The number of hydrogen-bond acceptors (Lipinski definition) is 6. The molecule has 1 saturated carbocycles. The van der Waals surface area contributed by atoms with Crippen LogP contribution in [0.3, 0.4) is 0 Å². The predicted molar refractivity (Wildman–Crippen MR) is 122 cm³/mol. The van der Waals surface area contributed by atoms with E-state index in [1.54, 1.807) is 18.5 Å². The predicted octanol–water partition coefficient (Wildman–Crippen LogP) is 3.04. The van der Waals surface area contributed by atoms with Crippen LogP contribution in [0.15, 0.2) is 42.7 Å². The second-order valence-corrected chi connectivity index (χ2v) is 9.65. The lowest BCUT2D eigenvalue weighted by molar-refractivity contribution is -0.133. The van der Waals surface area contributed by atoms with Gasteiger partial charge < -0.3 is 14.5 Å². The van der Waals surface area contributed by atoms with Gasteiger partial charge in [0.1, 0.15) is 5.75 Å². The Morgan fingerprint density at radius 3 is 2.53 bits per heavy atom. The van der Waals surface area contributed by atoms with Crippen molar-refractivity contribution in [2.24, 2.45) is 11.3 Å². The summed E-state index contributed by atoms with van der Waals surface area (Å²) >= 11 is 0. The molecule has 5 rings (SSSR count). The molecular formula is C25H33N5O2. The number of aromatic nitrogens is 2. The van der Waals surface area contributed by atoms with Gasteiger partial charge in [-0.15, -0.1) is 0 Å². The molecule has 1 unspecified atom stereocenters. The Labute approximate surface area is 190 Å². The van der Waals surface area contributed by atoms with Crippen molar-refractivity contribution in [3.05, 3.63) is 48.3 Å². The number of carbonyl (C=O) groups is 1. The highest BCUT2D eigenvalue weighted by Crippen LogP contribution is 2.60. The summed E-state index contributed by atoms with van der Waals surface area (Å²) < 4.78 is 5.68. The van der Waals surface area contributed by atoms with Crippen LogP contribution in [0, 0.1) is 11.3 Å². The van der Waals surface area contributed by atoms with E-state index in [4.69, 9.17) is 4.74 Å². The fourth-order valence-corrected chi connectivity index (χ4v) is 5.26. The number of nitrogens with zero attached hydrogens (tertiary/aromatic N) is 5. The Bertz CT molecular complexity index is 912. The van der Waals surface area contributed by atoms with Gasteiger partial charge in [-0.25, -0.2) is 9.97 Å². The van der Waals surface area contributed by atoms with Gasteiger partial charge in [0.2, 0.25) is 5.91 Å². The molecule has 0 N–H and O–H groups in total. The van der Waals surface area contributed by atoms with Gasteiger partial charge in [-0.3, -0.25) is 9.69 Å². The summed E-state index contributed by atoms with van der Waals surface area (Å²) in [7, 11) is 2.15. The molecule has 0 bridgehead atoms. The minimum absolute atomic E-state index is 0.268. The largest absolute Gasteiger partial charge is 0.424 e. The van der Waals surface area contributed by atoms with E-state index in [2.05, 4.69) is 43.8 Å². The van der Waals surface area contributed by atoms with E-state index < -0.39 is 0 Å². The van der Waals surface area contributed by atoms with Crippen molar-refractivity contribution in [2.75, 3.05) is 46.3 Å². The van der Waals surface area contributed by atoms with Crippen molar-refractivity contribution in [1.82, 2.24) is 24.7 Å². The molecule has 170 valence electrons. The first-order valence-electron chi connectivity index (χ1n) is 11.8. The lowest BCUT2D eigenvalue weighted by atomic mass is 9.90. The number of rotatable bonds is 5. The zero-order valence-corrected chi connectivity index (χ0v) is 18.9. The molecule has 32 heavy (non-hydrogen) atoms. The summed E-state index contributed by atoms with van der Waals surface area (Å²) in [5, 5.41) is 0. The lowest BCUT2D eigenvalue weighted by Crippen LogP contribution is -2.39. The van der Waals surface area contributed by atoms with Crippen molar-refractivity contribution in [1.29, 1.82) is 0 Å². The molecule has 1 aromatic heterocycles. The van der Waals surface area contributed by atoms with Gasteiger partial charge in [-0.05, 0) is 81.5 Å². The van der Waals surface area contributed by atoms with E-state index in [1.165, 1.54) is 5.56 Å². The maximum Gasteiger partial charge on any atom is 0.321 e. The number of hydrogen-bond donors (Lipinski definition) is 0. The van der Waals surface area contributed by atoms with E-state index in [0.29, 0.717) is 11.9 Å². The summed E-state index contributed by atoms with van der Waals surface area (Å²) in [4.78, 5) is 28.3. The van der Waals surface area contributed by atoms with Gasteiger partial charge in [0.15, 0.2) is 0 Å². The second-order valence-electron chi connectivity index (χ2n) is 9.65. The van der Waals surface area contributed by atoms with Gasteiger partial charge >= 0.3 is 6.01 Å². The van der Waals surface area contributed by atoms with Crippen molar-refractivity contribution in [3.8, 4) is 11.8 Å². The summed E-state index contributed by atoms with van der Waals surface area (Å²) in [5.41, 5.74) is 1.55. The quantitative estimate of drug-likeness (QED) is 0.720. The van der Waals surface area contributed by atoms with Crippen molar-refractivity contribution in [3.63, 3.8) is 0 Å². The third kappa shape index (κ3) is 4.79. The maximum atomic E-state index is 13.1. The molecule has 3 fully saturated rings. The Hall–Kier alpha value is -2.51. The first kappa shape index (κ1) is 21.3. The van der Waals surface area contributed by atoms with Gasteiger partial charge in [-0.1, -0.05) is 12.1 Å². The fourth-order valence-electron chi connectivity index (χ4n) is 5.26. The second kappa shape index (κ2) is 9.16. The first-order valence-corrected chi connectivity index (χ1v) is 11.8. The number of benzene rings is 1. The normalized spacial score (nSPS) is 23.7. The Morgan fingerprint density at radius 2 is 1.78 bits per heavy atom. The SMILES string of the molecule is CN1CCCN(C(=O)C2CC23CCN(Cc2ccc(Oc4ncccn4)cc2)CC3)CC1. The van der Waals surface area contributed by atoms with Gasteiger partial charge in [0, 0.05) is 44.5 Å². The molecule has 1 aliphatic carbocycles. The Balaban J connectivity index is 1.10. The first-order chi connectivity index (χ1) is 15.6. The number of ether oxygens (including phenoxy) is 1. The smallest absolute Gasteiger partial charge is 0.321 e. The van der Waals surface area contributed by atoms with E-state index in [1.807, 2.05) is 12.1 Å². The third-order valence-electron chi connectivity index (χ3n) is 7.45. The average molecular weight is 436 g/mol. The van der Waals surface area contributed by atoms with Crippen LogP contribution in [-0.4, -0.2) is 76.9 Å². The highest BCUT2D eigenvalue weighted by Gasteiger charge is 2.59. The fraction of sp³-hybridized carbons (Fsp3) is 0.560.